The molecule has 0 aliphatic carbocycles. The summed E-state index contributed by atoms with van der Waals surface area (Å²) in [5.41, 5.74) is 2.66. The Balaban J connectivity index is 1.39. The van der Waals surface area contributed by atoms with Gasteiger partial charge >= 0.3 is 0 Å². The molecule has 4 aromatic rings. The molecule has 0 saturated carbocycles. The van der Waals surface area contributed by atoms with Crippen molar-refractivity contribution in [3.05, 3.63) is 96.0 Å². The van der Waals surface area contributed by atoms with Gasteiger partial charge in [0.25, 0.3) is 5.91 Å². The predicted octanol–water partition coefficient (Wildman–Crippen LogP) is 5.01. The number of pyridine rings is 1. The first-order valence-corrected chi connectivity index (χ1v) is 10.3. The van der Waals surface area contributed by atoms with Crippen LogP contribution < -0.4 is 10.6 Å². The van der Waals surface area contributed by atoms with Crippen molar-refractivity contribution >= 4 is 23.2 Å². The zero-order chi connectivity index (χ0) is 23.2. The van der Waals surface area contributed by atoms with Crippen molar-refractivity contribution in [2.24, 2.45) is 0 Å². The number of hydrogen-bond donors (Lipinski definition) is 2. The zero-order valence-electron chi connectivity index (χ0n) is 17.8. The van der Waals surface area contributed by atoms with Crippen molar-refractivity contribution in [1.29, 1.82) is 0 Å². The fraction of sp³-hybridized carbons (Fsp3) is 0.120. The number of anilines is 2. The Morgan fingerprint density at radius 2 is 1.79 bits per heavy atom. The van der Waals surface area contributed by atoms with Crippen molar-refractivity contribution in [1.82, 2.24) is 9.97 Å². The molecule has 166 valence electrons. The van der Waals surface area contributed by atoms with Gasteiger partial charge in [-0.25, -0.2) is 9.37 Å². The molecular weight excluding hydrogens is 423 g/mol. The summed E-state index contributed by atoms with van der Waals surface area (Å²) in [7, 11) is 0. The molecule has 0 aliphatic rings. The van der Waals surface area contributed by atoms with Gasteiger partial charge in [-0.1, -0.05) is 35.9 Å². The van der Waals surface area contributed by atoms with E-state index >= 15 is 0 Å². The molecule has 2 aromatic heterocycles. The predicted molar refractivity (Wildman–Crippen MR) is 122 cm³/mol. The maximum absolute atomic E-state index is 13.8. The van der Waals surface area contributed by atoms with Crippen molar-refractivity contribution in [3.63, 3.8) is 0 Å². The van der Waals surface area contributed by atoms with Crippen molar-refractivity contribution in [2.75, 3.05) is 10.6 Å². The lowest BCUT2D eigenvalue weighted by atomic mass is 10.1. The number of carbonyl (C=O) groups excluding carboxylic acids is 2. The third kappa shape index (κ3) is 5.68. The van der Waals surface area contributed by atoms with Crippen LogP contribution in [0.4, 0.5) is 15.8 Å². The maximum atomic E-state index is 13.8. The lowest BCUT2D eigenvalue weighted by Gasteiger charge is -2.12. The van der Waals surface area contributed by atoms with Crippen molar-refractivity contribution < 1.29 is 18.4 Å². The highest BCUT2D eigenvalue weighted by Crippen LogP contribution is 2.24. The van der Waals surface area contributed by atoms with E-state index in [-0.39, 0.29) is 35.8 Å². The monoisotopic (exact) mass is 444 g/mol. The summed E-state index contributed by atoms with van der Waals surface area (Å²) in [5.74, 6) is -0.347. The van der Waals surface area contributed by atoms with E-state index < -0.39 is 11.7 Å². The van der Waals surface area contributed by atoms with Crippen LogP contribution >= 0.6 is 0 Å². The summed E-state index contributed by atoms with van der Waals surface area (Å²) in [6, 6.07) is 16.5. The van der Waals surface area contributed by atoms with Gasteiger partial charge in [-0.2, -0.15) is 0 Å². The fourth-order valence-corrected chi connectivity index (χ4v) is 3.12. The Morgan fingerprint density at radius 3 is 2.55 bits per heavy atom. The number of carbonyl (C=O) groups is 2. The lowest BCUT2D eigenvalue weighted by Crippen LogP contribution is -2.18. The Hall–Kier alpha value is -4.33. The number of oxazole rings is 1. The molecule has 0 radical (unpaired) electrons. The SMILES string of the molecule is Cc1ccc(-c2cnc(CCC(=O)Nc3cc(F)ccc3NC(=O)c3ccccn3)o2)cc1. The van der Waals surface area contributed by atoms with Gasteiger partial charge in [-0.05, 0) is 37.3 Å². The van der Waals surface area contributed by atoms with Crippen molar-refractivity contribution in [3.8, 4) is 11.3 Å². The van der Waals surface area contributed by atoms with E-state index in [4.69, 9.17) is 4.42 Å². The first kappa shape index (κ1) is 21.9. The molecule has 2 heterocycles. The summed E-state index contributed by atoms with van der Waals surface area (Å²) in [6.07, 6.45) is 3.45. The van der Waals surface area contributed by atoms with E-state index in [1.165, 1.54) is 18.3 Å². The molecular formula is C25H21FN4O3. The molecule has 0 bridgehead atoms. The first-order valence-electron chi connectivity index (χ1n) is 10.3. The molecule has 2 aromatic carbocycles. The van der Waals surface area contributed by atoms with Crippen LogP contribution in [-0.2, 0) is 11.2 Å². The Bertz CT molecular complexity index is 1270. The summed E-state index contributed by atoms with van der Waals surface area (Å²) in [4.78, 5) is 33.1. The maximum Gasteiger partial charge on any atom is 0.274 e. The summed E-state index contributed by atoms with van der Waals surface area (Å²) in [6.45, 7) is 2.00. The number of nitrogens with zero attached hydrogens (tertiary/aromatic N) is 2. The van der Waals surface area contributed by atoms with Gasteiger partial charge in [0.15, 0.2) is 11.7 Å². The molecule has 8 heteroatoms. The van der Waals surface area contributed by atoms with E-state index in [2.05, 4.69) is 20.6 Å². The number of aromatic nitrogens is 2. The van der Waals surface area contributed by atoms with Gasteiger partial charge in [0.1, 0.15) is 11.5 Å². The Kier molecular flexibility index (Phi) is 6.54. The number of amides is 2. The Labute approximate surface area is 189 Å². The molecule has 0 fully saturated rings. The van der Waals surface area contributed by atoms with Gasteiger partial charge in [-0.3, -0.25) is 14.6 Å². The van der Waals surface area contributed by atoms with Crippen LogP contribution in [-0.4, -0.2) is 21.8 Å². The average molecular weight is 444 g/mol. The molecule has 0 saturated heterocycles. The van der Waals surface area contributed by atoms with Gasteiger partial charge < -0.3 is 15.1 Å². The molecule has 0 unspecified atom stereocenters. The standard InChI is InChI=1S/C25H21FN4O3/c1-16-5-7-17(8-6-16)22-15-28-24(33-22)12-11-23(31)29-21-14-18(26)9-10-19(21)30-25(32)20-4-2-3-13-27-20/h2-10,13-15H,11-12H2,1H3,(H,29,31)(H,30,32). The van der Waals surface area contributed by atoms with Gasteiger partial charge in [0.2, 0.25) is 5.91 Å². The van der Waals surface area contributed by atoms with Crippen LogP contribution in [0.1, 0.15) is 28.4 Å². The zero-order valence-corrected chi connectivity index (χ0v) is 17.8. The van der Waals surface area contributed by atoms with Gasteiger partial charge in [0.05, 0.1) is 17.6 Å². The van der Waals surface area contributed by atoms with E-state index in [0.29, 0.717) is 11.7 Å². The number of hydrogen-bond acceptors (Lipinski definition) is 5. The third-order valence-electron chi connectivity index (χ3n) is 4.86. The number of nitrogens with one attached hydrogen (secondary N) is 2. The smallest absolute Gasteiger partial charge is 0.274 e. The summed E-state index contributed by atoms with van der Waals surface area (Å²) in [5, 5.41) is 5.28. The number of rotatable bonds is 7. The number of benzene rings is 2. The van der Waals surface area contributed by atoms with Gasteiger partial charge in [-0.15, -0.1) is 0 Å². The second kappa shape index (κ2) is 9.86. The third-order valence-corrected chi connectivity index (χ3v) is 4.86. The molecule has 33 heavy (non-hydrogen) atoms. The molecule has 7 nitrogen and oxygen atoms in total. The Morgan fingerprint density at radius 1 is 0.970 bits per heavy atom. The minimum atomic E-state index is -0.545. The van der Waals surface area contributed by atoms with Crippen LogP contribution in [0.5, 0.6) is 0 Å². The number of halogens is 1. The highest BCUT2D eigenvalue weighted by molar-refractivity contribution is 6.06. The van der Waals surface area contributed by atoms with Crippen LogP contribution in [0.3, 0.4) is 0 Å². The van der Waals surface area contributed by atoms with Crippen LogP contribution in [0, 0.1) is 12.7 Å². The van der Waals surface area contributed by atoms with E-state index in [1.54, 1.807) is 24.4 Å². The quantitative estimate of drug-likeness (QED) is 0.418. The normalized spacial score (nSPS) is 10.6. The molecule has 2 N–H and O–H groups in total. The first-order chi connectivity index (χ1) is 16.0. The topological polar surface area (TPSA) is 97.1 Å². The van der Waals surface area contributed by atoms with E-state index in [9.17, 15) is 14.0 Å². The number of aryl methyl sites for hydroxylation is 2. The molecule has 0 spiro atoms. The largest absolute Gasteiger partial charge is 0.441 e. The van der Waals surface area contributed by atoms with E-state index in [1.807, 2.05) is 31.2 Å². The van der Waals surface area contributed by atoms with Crippen molar-refractivity contribution in [2.45, 2.75) is 19.8 Å². The minimum absolute atomic E-state index is 0.0675. The highest BCUT2D eigenvalue weighted by Gasteiger charge is 2.14. The molecule has 0 aliphatic heterocycles. The lowest BCUT2D eigenvalue weighted by molar-refractivity contribution is -0.116. The molecule has 4 rings (SSSR count). The highest BCUT2D eigenvalue weighted by atomic mass is 19.1. The van der Waals surface area contributed by atoms with E-state index in [0.717, 1.165) is 17.2 Å². The average Bonchev–Trinajstić information content (AvgIpc) is 3.29. The van der Waals surface area contributed by atoms with Crippen LogP contribution in [0.2, 0.25) is 0 Å². The summed E-state index contributed by atoms with van der Waals surface area (Å²) < 4.78 is 19.5. The fourth-order valence-electron chi connectivity index (χ4n) is 3.12. The second-order valence-corrected chi connectivity index (χ2v) is 7.39. The van der Waals surface area contributed by atoms with Crippen LogP contribution in [0.15, 0.2) is 77.5 Å². The summed E-state index contributed by atoms with van der Waals surface area (Å²) >= 11 is 0. The molecule has 2 amide bonds. The molecule has 0 atom stereocenters. The van der Waals surface area contributed by atoms with Gasteiger partial charge in [0, 0.05) is 24.6 Å². The van der Waals surface area contributed by atoms with Crippen LogP contribution in [0.25, 0.3) is 11.3 Å². The second-order valence-electron chi connectivity index (χ2n) is 7.39. The minimum Gasteiger partial charge on any atom is -0.441 e.